The van der Waals surface area contributed by atoms with Crippen LogP contribution in [0, 0.1) is 47.3 Å². The van der Waals surface area contributed by atoms with Crippen LogP contribution >= 0.6 is 0 Å². The normalized spacial score (nSPS) is 33.4. The van der Waals surface area contributed by atoms with Gasteiger partial charge < -0.3 is 0 Å². The van der Waals surface area contributed by atoms with Crippen molar-refractivity contribution >= 4 is 11.1 Å². The summed E-state index contributed by atoms with van der Waals surface area (Å²) in [6.45, 7) is 0. The van der Waals surface area contributed by atoms with Crippen molar-refractivity contribution in [3.8, 4) is 0 Å². The first-order valence-corrected chi connectivity index (χ1v) is 22.4. The van der Waals surface area contributed by atoms with Gasteiger partial charge in [-0.05, 0) is 135 Å². The lowest BCUT2D eigenvalue weighted by Crippen LogP contribution is -2.41. The highest BCUT2D eigenvalue weighted by Crippen LogP contribution is 2.56. The molecule has 1 aromatic carbocycles. The van der Waals surface area contributed by atoms with Crippen molar-refractivity contribution in [3.05, 3.63) is 236 Å². The second kappa shape index (κ2) is 14.1. The largest absolute Gasteiger partial charge is 0.0807 e. The molecule has 0 spiro atoms. The molecule has 0 heteroatoms. The Morgan fingerprint density at radius 2 is 1.22 bits per heavy atom. The standard InChI is InChI=1S/C58H52/c1-2-15-44-38(11-1)12-10-22-47(44)48-34-31-39(45-16-3-4-17-46(45)48)26-23-37-24-27-42(28-25-37)56-49-18-5-7-20-51(49)58(52-21-8-6-19-50(52)56)54-36-33-43-30-29-40-13-9-14-41-32-35-53(54)57(43)55(40)41/h1-8,10-13,15-24,26-27,29-31,34,38,41,44-46,49,51,55H,9,14,25,28,32-33,35-36H2. The van der Waals surface area contributed by atoms with Crippen LogP contribution < -0.4 is 10.4 Å². The number of hydrogen-bond donors (Lipinski definition) is 0. The van der Waals surface area contributed by atoms with Gasteiger partial charge >= 0.3 is 0 Å². The third-order valence-electron chi connectivity index (χ3n) is 15.4. The number of benzene rings is 1. The second-order valence-corrected chi connectivity index (χ2v) is 18.2. The highest BCUT2D eigenvalue weighted by Gasteiger charge is 2.42. The van der Waals surface area contributed by atoms with Crippen LogP contribution in [-0.2, 0) is 0 Å². The van der Waals surface area contributed by atoms with Gasteiger partial charge in [-0.3, -0.25) is 0 Å². The lowest BCUT2D eigenvalue weighted by molar-refractivity contribution is 0.330. The third kappa shape index (κ3) is 5.55. The van der Waals surface area contributed by atoms with E-state index in [2.05, 4.69) is 170 Å². The Labute approximate surface area is 344 Å². The van der Waals surface area contributed by atoms with Gasteiger partial charge in [0.15, 0.2) is 0 Å². The Morgan fingerprint density at radius 3 is 2.07 bits per heavy atom. The smallest absolute Gasteiger partial charge is 0.0134 e. The average molecular weight is 749 g/mol. The molecule has 0 bridgehead atoms. The first-order chi connectivity index (χ1) is 28.8. The summed E-state index contributed by atoms with van der Waals surface area (Å²) in [5.74, 6) is 3.81. The molecule has 284 valence electrons. The van der Waals surface area contributed by atoms with Crippen LogP contribution in [0.1, 0.15) is 51.4 Å². The van der Waals surface area contributed by atoms with Crippen molar-refractivity contribution < 1.29 is 0 Å². The van der Waals surface area contributed by atoms with Crippen molar-refractivity contribution in [2.24, 2.45) is 47.3 Å². The molecule has 1 aromatic rings. The summed E-state index contributed by atoms with van der Waals surface area (Å²) in [5.41, 5.74) is 18.9. The lowest BCUT2D eigenvalue weighted by Gasteiger charge is -2.45. The fourth-order valence-electron chi connectivity index (χ4n) is 12.8. The van der Waals surface area contributed by atoms with Crippen LogP contribution in [0.5, 0.6) is 0 Å². The van der Waals surface area contributed by atoms with E-state index >= 15 is 0 Å². The second-order valence-electron chi connectivity index (χ2n) is 18.2. The summed E-state index contributed by atoms with van der Waals surface area (Å²) in [5, 5.41) is 2.95. The van der Waals surface area contributed by atoms with E-state index in [1.807, 2.05) is 0 Å². The van der Waals surface area contributed by atoms with Crippen LogP contribution in [0.3, 0.4) is 0 Å². The van der Waals surface area contributed by atoms with Crippen LogP contribution in [0.25, 0.3) is 11.1 Å². The van der Waals surface area contributed by atoms with Gasteiger partial charge in [0.25, 0.3) is 0 Å². The van der Waals surface area contributed by atoms with E-state index in [-0.39, 0.29) is 0 Å². The van der Waals surface area contributed by atoms with Gasteiger partial charge in [0.1, 0.15) is 0 Å². The Balaban J connectivity index is 0.902. The van der Waals surface area contributed by atoms with Crippen molar-refractivity contribution in [1.82, 2.24) is 0 Å². The monoisotopic (exact) mass is 748 g/mol. The van der Waals surface area contributed by atoms with Gasteiger partial charge in [-0.15, -0.1) is 0 Å². The molecule has 11 aliphatic rings. The molecule has 0 nitrogen and oxygen atoms in total. The summed E-state index contributed by atoms with van der Waals surface area (Å²) in [4.78, 5) is 0. The molecular weight excluding hydrogens is 697 g/mol. The molecule has 0 heterocycles. The lowest BCUT2D eigenvalue weighted by atomic mass is 9.59. The zero-order chi connectivity index (χ0) is 38.2. The van der Waals surface area contributed by atoms with Crippen molar-refractivity contribution in [1.29, 1.82) is 0 Å². The minimum Gasteiger partial charge on any atom is -0.0807 e. The molecule has 0 aromatic heterocycles. The minimum atomic E-state index is 0.363. The Kier molecular flexibility index (Phi) is 8.42. The molecule has 58 heavy (non-hydrogen) atoms. The number of allylic oxidation sites excluding steroid dienone is 34. The van der Waals surface area contributed by atoms with Gasteiger partial charge in [-0.25, -0.2) is 0 Å². The van der Waals surface area contributed by atoms with Crippen LogP contribution in [0.2, 0.25) is 0 Å². The molecule has 0 radical (unpaired) electrons. The Hall–Kier alpha value is -5.46. The summed E-state index contributed by atoms with van der Waals surface area (Å²) < 4.78 is 0. The SMILES string of the molecule is C1=CC2C=CC=C(C3=CC=C(C=CC4=CC=C(C5=c6ccccc6=C(C6=C7CCC8CCC=C9C=CC(=C7C98)CC6)C6C=CC=CC56)CC4)C4C=CC=CC34)C2C=C1. The van der Waals surface area contributed by atoms with E-state index in [1.165, 1.54) is 76.8 Å². The molecule has 11 aliphatic carbocycles. The third-order valence-corrected chi connectivity index (χ3v) is 15.4. The summed E-state index contributed by atoms with van der Waals surface area (Å²) in [7, 11) is 0. The van der Waals surface area contributed by atoms with E-state index in [4.69, 9.17) is 0 Å². The first kappa shape index (κ1) is 34.6. The van der Waals surface area contributed by atoms with Gasteiger partial charge in [-0.2, -0.15) is 0 Å². The predicted octanol–water partition coefficient (Wildman–Crippen LogP) is 12.3. The number of rotatable bonds is 5. The van der Waals surface area contributed by atoms with Gasteiger partial charge in [0.2, 0.25) is 0 Å². The van der Waals surface area contributed by atoms with Crippen LogP contribution in [0.15, 0.2) is 226 Å². The van der Waals surface area contributed by atoms with Crippen molar-refractivity contribution in [2.75, 3.05) is 0 Å². The van der Waals surface area contributed by atoms with Crippen LogP contribution in [0.4, 0.5) is 0 Å². The van der Waals surface area contributed by atoms with Gasteiger partial charge in [-0.1, -0.05) is 170 Å². The maximum absolute atomic E-state index is 2.55. The topological polar surface area (TPSA) is 0 Å². The van der Waals surface area contributed by atoms with E-state index < -0.39 is 0 Å². The van der Waals surface area contributed by atoms with E-state index in [0.717, 1.165) is 18.8 Å². The molecule has 1 fully saturated rings. The highest BCUT2D eigenvalue weighted by atomic mass is 14.5. The number of hydrogen-bond acceptors (Lipinski definition) is 0. The van der Waals surface area contributed by atoms with Crippen LogP contribution in [-0.4, -0.2) is 0 Å². The fourth-order valence-corrected chi connectivity index (χ4v) is 12.8. The first-order valence-electron chi connectivity index (χ1n) is 22.4. The Morgan fingerprint density at radius 1 is 0.500 bits per heavy atom. The zero-order valence-corrected chi connectivity index (χ0v) is 33.4. The Bertz CT molecular complexity index is 2690. The maximum atomic E-state index is 2.55. The molecule has 8 unspecified atom stereocenters. The quantitative estimate of drug-likeness (QED) is 0.281. The fraction of sp³-hybridized carbons (Fsp3) is 0.276. The zero-order valence-electron chi connectivity index (χ0n) is 33.4. The van der Waals surface area contributed by atoms with Gasteiger partial charge in [0.05, 0.1) is 0 Å². The van der Waals surface area contributed by atoms with E-state index in [1.54, 1.807) is 39.0 Å². The predicted molar refractivity (Wildman–Crippen MR) is 242 cm³/mol. The average Bonchev–Trinajstić information content (AvgIpc) is 3.29. The summed E-state index contributed by atoms with van der Waals surface area (Å²) in [6, 6.07) is 9.47. The highest BCUT2D eigenvalue weighted by molar-refractivity contribution is 5.83. The summed E-state index contributed by atoms with van der Waals surface area (Å²) >= 11 is 0. The molecule has 1 saturated carbocycles. The molecule has 12 rings (SSSR count). The molecular formula is C58H52. The molecule has 0 aliphatic heterocycles. The van der Waals surface area contributed by atoms with E-state index in [9.17, 15) is 0 Å². The number of fused-ring (bicyclic) bond motifs is 4. The van der Waals surface area contributed by atoms with Crippen molar-refractivity contribution in [2.45, 2.75) is 51.4 Å². The summed E-state index contributed by atoms with van der Waals surface area (Å²) in [6.07, 6.45) is 66.9. The van der Waals surface area contributed by atoms with Crippen molar-refractivity contribution in [3.63, 3.8) is 0 Å². The molecule has 8 atom stereocenters. The van der Waals surface area contributed by atoms with Gasteiger partial charge in [0, 0.05) is 41.4 Å². The van der Waals surface area contributed by atoms with E-state index in [0.29, 0.717) is 41.4 Å². The minimum absolute atomic E-state index is 0.363. The molecule has 0 amide bonds. The molecule has 0 saturated heterocycles. The maximum Gasteiger partial charge on any atom is 0.0134 e. The molecule has 0 N–H and O–H groups in total.